The zero-order valence-corrected chi connectivity index (χ0v) is 13.8. The number of aromatic nitrogens is 1. The summed E-state index contributed by atoms with van der Waals surface area (Å²) in [5, 5.41) is 0.620. The maximum atomic E-state index is 13.5. The van der Waals surface area contributed by atoms with Crippen LogP contribution in [0, 0.1) is 11.6 Å². The summed E-state index contributed by atoms with van der Waals surface area (Å²) in [6.07, 6.45) is 2.51. The largest absolute Gasteiger partial charge is 0.248 e. The minimum Gasteiger partial charge on any atom is -0.248 e. The van der Waals surface area contributed by atoms with Crippen LogP contribution in [0.15, 0.2) is 24.4 Å². The number of sulfonamides is 1. The second kappa shape index (κ2) is 6.80. The third-order valence-electron chi connectivity index (χ3n) is 3.04. The topological polar surface area (TPSA) is 59.1 Å². The van der Waals surface area contributed by atoms with Crippen LogP contribution in [0.25, 0.3) is 0 Å². The Labute approximate surface area is 132 Å². The predicted octanol–water partition coefficient (Wildman–Crippen LogP) is 3.16. The van der Waals surface area contributed by atoms with Gasteiger partial charge in [-0.25, -0.2) is 26.9 Å². The number of aryl methyl sites for hydroxylation is 1. The number of nitrogens with one attached hydrogen (secondary N) is 1. The van der Waals surface area contributed by atoms with Gasteiger partial charge in [-0.2, -0.15) is 0 Å². The lowest BCUT2D eigenvalue weighted by Gasteiger charge is -2.12. The predicted molar refractivity (Wildman–Crippen MR) is 82.0 cm³/mol. The molecule has 2 rings (SSSR count). The summed E-state index contributed by atoms with van der Waals surface area (Å²) in [6, 6.07) is 2.71. The fraction of sp³-hybridized carbons (Fsp3) is 0.357. The van der Waals surface area contributed by atoms with Crippen LogP contribution in [0.4, 0.5) is 8.78 Å². The normalized spacial score (nSPS) is 13.3. The van der Waals surface area contributed by atoms with E-state index in [2.05, 4.69) is 9.71 Å². The van der Waals surface area contributed by atoms with Crippen LogP contribution in [0.1, 0.15) is 35.3 Å². The van der Waals surface area contributed by atoms with Crippen molar-refractivity contribution in [2.75, 3.05) is 0 Å². The molecular weight excluding hydrogens is 330 g/mol. The molecule has 0 saturated carbocycles. The number of benzene rings is 1. The monoisotopic (exact) mass is 346 g/mol. The van der Waals surface area contributed by atoms with E-state index in [1.165, 1.54) is 17.4 Å². The molecule has 0 aliphatic heterocycles. The maximum Gasteiger partial charge on any atom is 0.216 e. The van der Waals surface area contributed by atoms with Crippen molar-refractivity contribution in [2.45, 2.75) is 32.1 Å². The summed E-state index contributed by atoms with van der Waals surface area (Å²) in [4.78, 5) is 5.20. The van der Waals surface area contributed by atoms with E-state index in [0.29, 0.717) is 5.01 Å². The van der Waals surface area contributed by atoms with E-state index in [0.717, 1.165) is 23.4 Å². The molecule has 1 atom stereocenters. The molecule has 1 N–H and O–H groups in total. The van der Waals surface area contributed by atoms with Crippen LogP contribution in [0.2, 0.25) is 0 Å². The Morgan fingerprint density at radius 2 is 1.95 bits per heavy atom. The second-order valence-electron chi connectivity index (χ2n) is 4.82. The Morgan fingerprint density at radius 1 is 1.32 bits per heavy atom. The highest BCUT2D eigenvalue weighted by molar-refractivity contribution is 7.88. The van der Waals surface area contributed by atoms with Gasteiger partial charge in [0.15, 0.2) is 0 Å². The van der Waals surface area contributed by atoms with Crippen molar-refractivity contribution in [3.05, 3.63) is 51.5 Å². The highest BCUT2D eigenvalue weighted by Gasteiger charge is 2.22. The SMILES string of the molecule is CCc1cnc([C@@H](C)NS(=O)(=O)Cc2c(F)cccc2F)s1. The molecule has 0 aliphatic carbocycles. The molecule has 0 fully saturated rings. The van der Waals surface area contributed by atoms with Gasteiger partial charge in [0, 0.05) is 16.6 Å². The maximum absolute atomic E-state index is 13.5. The molecule has 120 valence electrons. The minimum atomic E-state index is -3.89. The Bertz CT molecular complexity index is 740. The van der Waals surface area contributed by atoms with Gasteiger partial charge < -0.3 is 0 Å². The van der Waals surface area contributed by atoms with E-state index in [1.807, 2.05) is 6.92 Å². The van der Waals surface area contributed by atoms with Crippen LogP contribution in [0.5, 0.6) is 0 Å². The Hall–Kier alpha value is -1.38. The van der Waals surface area contributed by atoms with Gasteiger partial charge in [-0.15, -0.1) is 11.3 Å². The molecule has 0 spiro atoms. The van der Waals surface area contributed by atoms with Crippen LogP contribution in [0.3, 0.4) is 0 Å². The molecule has 0 radical (unpaired) electrons. The summed E-state index contributed by atoms with van der Waals surface area (Å²) in [6.45, 7) is 3.63. The fourth-order valence-corrected chi connectivity index (χ4v) is 4.23. The van der Waals surface area contributed by atoms with Crippen molar-refractivity contribution in [1.82, 2.24) is 9.71 Å². The number of rotatable bonds is 6. The van der Waals surface area contributed by atoms with Crippen molar-refractivity contribution in [3.63, 3.8) is 0 Å². The van der Waals surface area contributed by atoms with Crippen LogP contribution in [-0.2, 0) is 22.2 Å². The minimum absolute atomic E-state index is 0.462. The zero-order chi connectivity index (χ0) is 16.3. The molecule has 0 unspecified atom stereocenters. The van der Waals surface area contributed by atoms with Crippen molar-refractivity contribution in [3.8, 4) is 0 Å². The molecular formula is C14H16F2N2O2S2. The lowest BCUT2D eigenvalue weighted by atomic mass is 10.2. The lowest BCUT2D eigenvalue weighted by Crippen LogP contribution is -2.28. The molecule has 0 aliphatic rings. The van der Waals surface area contributed by atoms with Gasteiger partial charge in [0.05, 0.1) is 11.8 Å². The first-order valence-corrected chi connectivity index (χ1v) is 9.16. The summed E-state index contributed by atoms with van der Waals surface area (Å²) in [7, 11) is -3.89. The first kappa shape index (κ1) is 17.0. The van der Waals surface area contributed by atoms with Gasteiger partial charge in [0.25, 0.3) is 0 Å². The van der Waals surface area contributed by atoms with Crippen molar-refractivity contribution in [2.24, 2.45) is 0 Å². The highest BCUT2D eigenvalue weighted by Crippen LogP contribution is 2.22. The number of hydrogen-bond donors (Lipinski definition) is 1. The zero-order valence-electron chi connectivity index (χ0n) is 12.1. The third-order valence-corrected chi connectivity index (χ3v) is 5.75. The molecule has 8 heteroatoms. The lowest BCUT2D eigenvalue weighted by molar-refractivity contribution is 0.544. The number of thiazole rings is 1. The number of halogens is 2. The van der Waals surface area contributed by atoms with Gasteiger partial charge in [-0.3, -0.25) is 0 Å². The Balaban J connectivity index is 2.14. The molecule has 4 nitrogen and oxygen atoms in total. The van der Waals surface area contributed by atoms with Crippen LogP contribution in [-0.4, -0.2) is 13.4 Å². The van der Waals surface area contributed by atoms with Gasteiger partial charge in [-0.05, 0) is 25.5 Å². The standard InChI is InChI=1S/C14H16F2N2O2S2/c1-3-10-7-17-14(21-10)9(2)18-22(19,20)8-11-12(15)5-4-6-13(11)16/h4-7,9,18H,3,8H2,1-2H3/t9-/m1/s1. The van der Waals surface area contributed by atoms with Gasteiger partial charge in [-0.1, -0.05) is 13.0 Å². The first-order valence-electron chi connectivity index (χ1n) is 6.70. The van der Waals surface area contributed by atoms with Crippen LogP contribution >= 0.6 is 11.3 Å². The molecule has 1 aromatic carbocycles. The Kier molecular flexibility index (Phi) is 5.25. The van der Waals surface area contributed by atoms with E-state index in [4.69, 9.17) is 0 Å². The van der Waals surface area contributed by atoms with Gasteiger partial charge >= 0.3 is 0 Å². The van der Waals surface area contributed by atoms with E-state index < -0.39 is 39.0 Å². The summed E-state index contributed by atoms with van der Waals surface area (Å²) in [5.74, 6) is -2.50. The molecule has 0 amide bonds. The second-order valence-corrected chi connectivity index (χ2v) is 7.72. The molecule has 1 aromatic heterocycles. The number of hydrogen-bond acceptors (Lipinski definition) is 4. The average molecular weight is 346 g/mol. The fourth-order valence-electron chi connectivity index (χ4n) is 1.91. The number of nitrogens with zero attached hydrogens (tertiary/aromatic N) is 1. The van der Waals surface area contributed by atoms with E-state index >= 15 is 0 Å². The van der Waals surface area contributed by atoms with E-state index in [1.54, 1.807) is 13.1 Å². The highest BCUT2D eigenvalue weighted by atomic mass is 32.2. The van der Waals surface area contributed by atoms with E-state index in [-0.39, 0.29) is 0 Å². The summed E-state index contributed by atoms with van der Waals surface area (Å²) in [5.41, 5.74) is -0.462. The summed E-state index contributed by atoms with van der Waals surface area (Å²) < 4.78 is 53.7. The quantitative estimate of drug-likeness (QED) is 0.874. The Morgan fingerprint density at radius 3 is 2.50 bits per heavy atom. The summed E-state index contributed by atoms with van der Waals surface area (Å²) >= 11 is 1.41. The van der Waals surface area contributed by atoms with Crippen molar-refractivity contribution < 1.29 is 17.2 Å². The first-order chi connectivity index (χ1) is 10.3. The average Bonchev–Trinajstić information content (AvgIpc) is 2.91. The molecule has 0 bridgehead atoms. The molecule has 22 heavy (non-hydrogen) atoms. The van der Waals surface area contributed by atoms with Gasteiger partial charge in [0.1, 0.15) is 16.6 Å². The third kappa shape index (κ3) is 4.08. The molecule has 2 aromatic rings. The smallest absolute Gasteiger partial charge is 0.216 e. The van der Waals surface area contributed by atoms with Crippen molar-refractivity contribution in [1.29, 1.82) is 0 Å². The molecule has 1 heterocycles. The van der Waals surface area contributed by atoms with Gasteiger partial charge in [0.2, 0.25) is 10.0 Å². The van der Waals surface area contributed by atoms with Crippen molar-refractivity contribution >= 4 is 21.4 Å². The van der Waals surface area contributed by atoms with Crippen LogP contribution < -0.4 is 4.72 Å². The van der Waals surface area contributed by atoms with E-state index in [9.17, 15) is 17.2 Å². The molecule has 0 saturated heterocycles.